The van der Waals surface area contributed by atoms with Gasteiger partial charge in [-0.3, -0.25) is 9.59 Å². The van der Waals surface area contributed by atoms with Crippen molar-refractivity contribution in [2.24, 2.45) is 0 Å². The van der Waals surface area contributed by atoms with Crippen LogP contribution in [0.1, 0.15) is 34.1 Å². The summed E-state index contributed by atoms with van der Waals surface area (Å²) in [7, 11) is 0. The minimum atomic E-state index is -0.184. The molecule has 26 heavy (non-hydrogen) atoms. The summed E-state index contributed by atoms with van der Waals surface area (Å²) in [4.78, 5) is 31.6. The van der Waals surface area contributed by atoms with Crippen LogP contribution in [0.2, 0.25) is 0 Å². The predicted molar refractivity (Wildman–Crippen MR) is 104 cm³/mol. The molecule has 5 nitrogen and oxygen atoms in total. The lowest BCUT2D eigenvalue weighted by atomic mass is 10.0. The van der Waals surface area contributed by atoms with E-state index in [1.807, 2.05) is 57.2 Å². The van der Waals surface area contributed by atoms with E-state index in [0.717, 1.165) is 22.4 Å². The van der Waals surface area contributed by atoms with E-state index in [-0.39, 0.29) is 11.5 Å². The zero-order chi connectivity index (χ0) is 18.7. The van der Waals surface area contributed by atoms with Crippen molar-refractivity contribution in [1.29, 1.82) is 0 Å². The molecular formula is C21H21N3O2. The average Bonchev–Trinajstić information content (AvgIpc) is 2.63. The molecule has 3 aromatic rings. The Morgan fingerprint density at radius 2 is 1.88 bits per heavy atom. The molecule has 0 atom stereocenters. The van der Waals surface area contributed by atoms with Crippen LogP contribution < -0.4 is 10.9 Å². The van der Waals surface area contributed by atoms with E-state index in [1.54, 1.807) is 6.07 Å². The molecule has 2 N–H and O–H groups in total. The van der Waals surface area contributed by atoms with Crippen LogP contribution in [0.5, 0.6) is 0 Å². The Morgan fingerprint density at radius 3 is 2.65 bits per heavy atom. The number of nitrogens with zero attached hydrogens (tertiary/aromatic N) is 1. The Labute approximate surface area is 152 Å². The lowest BCUT2D eigenvalue weighted by molar-refractivity contribution is 0.102. The first-order chi connectivity index (χ1) is 12.5. The molecule has 0 saturated heterocycles. The Morgan fingerprint density at radius 1 is 1.12 bits per heavy atom. The van der Waals surface area contributed by atoms with Gasteiger partial charge in [-0.05, 0) is 49.6 Å². The van der Waals surface area contributed by atoms with Crippen molar-refractivity contribution in [2.75, 3.05) is 5.32 Å². The summed E-state index contributed by atoms with van der Waals surface area (Å²) >= 11 is 0. The van der Waals surface area contributed by atoms with Crippen LogP contribution in [0.25, 0.3) is 11.4 Å². The Bertz CT molecular complexity index is 1020. The maximum atomic E-state index is 12.6. The van der Waals surface area contributed by atoms with E-state index < -0.39 is 0 Å². The van der Waals surface area contributed by atoms with Crippen molar-refractivity contribution < 1.29 is 4.79 Å². The van der Waals surface area contributed by atoms with Gasteiger partial charge in [0.25, 0.3) is 11.5 Å². The number of aryl methyl sites for hydroxylation is 2. The molecule has 0 fully saturated rings. The Kier molecular flexibility index (Phi) is 4.98. The first-order valence-corrected chi connectivity index (χ1v) is 8.56. The number of hydrogen-bond acceptors (Lipinski definition) is 3. The number of aromatic amines is 1. The topological polar surface area (TPSA) is 74.8 Å². The highest BCUT2D eigenvalue weighted by Crippen LogP contribution is 2.20. The van der Waals surface area contributed by atoms with Gasteiger partial charge < -0.3 is 10.3 Å². The molecule has 0 aliphatic heterocycles. The standard InChI is InChI=1S/C21H21N3O2/c1-4-16-12-19(25)24-20(22-16)15-8-6-9-17(11-15)23-21(26)18-10-5-7-13(2)14(18)3/h5-12H,4H2,1-3H3,(H,23,26)(H,22,24,25). The maximum Gasteiger partial charge on any atom is 0.255 e. The van der Waals surface area contributed by atoms with E-state index in [0.29, 0.717) is 23.5 Å². The van der Waals surface area contributed by atoms with Crippen molar-refractivity contribution in [2.45, 2.75) is 27.2 Å². The molecule has 132 valence electrons. The van der Waals surface area contributed by atoms with Gasteiger partial charge in [-0.15, -0.1) is 0 Å². The number of carbonyl (C=O) groups excluding carboxylic acids is 1. The van der Waals surface area contributed by atoms with E-state index in [1.165, 1.54) is 6.07 Å². The largest absolute Gasteiger partial charge is 0.322 e. The molecule has 1 heterocycles. The van der Waals surface area contributed by atoms with Gasteiger partial charge in [-0.1, -0.05) is 31.2 Å². The Hall–Kier alpha value is -3.21. The highest BCUT2D eigenvalue weighted by molar-refractivity contribution is 6.05. The summed E-state index contributed by atoms with van der Waals surface area (Å²) in [6.45, 7) is 5.87. The lowest BCUT2D eigenvalue weighted by Crippen LogP contribution is -2.14. The Balaban J connectivity index is 1.90. The van der Waals surface area contributed by atoms with E-state index >= 15 is 0 Å². The van der Waals surface area contributed by atoms with Gasteiger partial charge in [-0.25, -0.2) is 4.98 Å². The van der Waals surface area contributed by atoms with Crippen molar-refractivity contribution >= 4 is 11.6 Å². The van der Waals surface area contributed by atoms with Gasteiger partial charge in [0, 0.05) is 28.6 Å². The normalized spacial score (nSPS) is 10.6. The summed E-state index contributed by atoms with van der Waals surface area (Å²) in [6, 6.07) is 14.5. The predicted octanol–water partition coefficient (Wildman–Crippen LogP) is 3.87. The molecule has 0 saturated carbocycles. The number of carbonyl (C=O) groups is 1. The highest BCUT2D eigenvalue weighted by atomic mass is 16.1. The minimum Gasteiger partial charge on any atom is -0.322 e. The van der Waals surface area contributed by atoms with Crippen LogP contribution in [0.3, 0.4) is 0 Å². The number of rotatable bonds is 4. The fourth-order valence-electron chi connectivity index (χ4n) is 2.77. The number of aromatic nitrogens is 2. The van der Waals surface area contributed by atoms with E-state index in [9.17, 15) is 9.59 Å². The number of H-pyrrole nitrogens is 1. The third-order valence-corrected chi connectivity index (χ3v) is 4.40. The van der Waals surface area contributed by atoms with Crippen molar-refractivity contribution in [3.05, 3.63) is 81.3 Å². The quantitative estimate of drug-likeness (QED) is 0.752. The summed E-state index contributed by atoms with van der Waals surface area (Å²) in [5.41, 5.74) is 4.63. The maximum absolute atomic E-state index is 12.6. The van der Waals surface area contributed by atoms with Gasteiger partial charge >= 0.3 is 0 Å². The third-order valence-electron chi connectivity index (χ3n) is 4.40. The average molecular weight is 347 g/mol. The summed E-state index contributed by atoms with van der Waals surface area (Å²) < 4.78 is 0. The molecule has 0 aliphatic carbocycles. The van der Waals surface area contributed by atoms with Gasteiger partial charge in [0.05, 0.1) is 0 Å². The lowest BCUT2D eigenvalue weighted by Gasteiger charge is -2.10. The molecule has 3 rings (SSSR count). The number of hydrogen-bond donors (Lipinski definition) is 2. The van der Waals surface area contributed by atoms with Crippen LogP contribution in [0.4, 0.5) is 5.69 Å². The van der Waals surface area contributed by atoms with Crippen LogP contribution in [0, 0.1) is 13.8 Å². The van der Waals surface area contributed by atoms with Gasteiger partial charge in [-0.2, -0.15) is 0 Å². The molecule has 0 radical (unpaired) electrons. The zero-order valence-electron chi connectivity index (χ0n) is 15.1. The van der Waals surface area contributed by atoms with Gasteiger partial charge in [0.15, 0.2) is 0 Å². The molecule has 0 unspecified atom stereocenters. The second-order valence-corrected chi connectivity index (χ2v) is 6.22. The van der Waals surface area contributed by atoms with Gasteiger partial charge in [0.1, 0.15) is 5.82 Å². The summed E-state index contributed by atoms with van der Waals surface area (Å²) in [6.07, 6.45) is 0.681. The number of anilines is 1. The molecule has 5 heteroatoms. The van der Waals surface area contributed by atoms with E-state index in [4.69, 9.17) is 0 Å². The first kappa shape index (κ1) is 17.6. The molecule has 1 aromatic heterocycles. The smallest absolute Gasteiger partial charge is 0.255 e. The number of nitrogens with one attached hydrogen (secondary N) is 2. The van der Waals surface area contributed by atoms with Crippen LogP contribution >= 0.6 is 0 Å². The SMILES string of the molecule is CCc1cc(=O)[nH]c(-c2cccc(NC(=O)c3cccc(C)c3C)c2)n1. The monoisotopic (exact) mass is 347 g/mol. The zero-order valence-corrected chi connectivity index (χ0v) is 15.1. The summed E-state index contributed by atoms with van der Waals surface area (Å²) in [5, 5.41) is 2.92. The van der Waals surface area contributed by atoms with Crippen LogP contribution in [0.15, 0.2) is 53.3 Å². The fraction of sp³-hybridized carbons (Fsp3) is 0.190. The fourth-order valence-corrected chi connectivity index (χ4v) is 2.77. The first-order valence-electron chi connectivity index (χ1n) is 8.56. The summed E-state index contributed by atoms with van der Waals surface area (Å²) in [5.74, 6) is 0.337. The molecule has 1 amide bonds. The van der Waals surface area contributed by atoms with Crippen molar-refractivity contribution in [3.63, 3.8) is 0 Å². The molecule has 0 spiro atoms. The van der Waals surface area contributed by atoms with Crippen molar-refractivity contribution in [3.8, 4) is 11.4 Å². The molecule has 0 bridgehead atoms. The minimum absolute atomic E-state index is 0.160. The third kappa shape index (κ3) is 3.72. The molecule has 0 aliphatic rings. The second-order valence-electron chi connectivity index (χ2n) is 6.22. The molecular weight excluding hydrogens is 326 g/mol. The van der Waals surface area contributed by atoms with Crippen LogP contribution in [-0.2, 0) is 6.42 Å². The highest BCUT2D eigenvalue weighted by Gasteiger charge is 2.11. The number of amides is 1. The van der Waals surface area contributed by atoms with Crippen LogP contribution in [-0.4, -0.2) is 15.9 Å². The van der Waals surface area contributed by atoms with E-state index in [2.05, 4.69) is 15.3 Å². The second kappa shape index (κ2) is 7.35. The van der Waals surface area contributed by atoms with Crippen molar-refractivity contribution in [1.82, 2.24) is 9.97 Å². The van der Waals surface area contributed by atoms with Gasteiger partial charge in [0.2, 0.25) is 0 Å². The number of benzene rings is 2. The molecule has 2 aromatic carbocycles.